The molecule has 0 bridgehead atoms. The van der Waals surface area contributed by atoms with E-state index in [2.05, 4.69) is 0 Å². The van der Waals surface area contributed by atoms with Gasteiger partial charge in [0, 0.05) is 0 Å². The summed E-state index contributed by atoms with van der Waals surface area (Å²) < 4.78 is 28.2. The van der Waals surface area contributed by atoms with Gasteiger partial charge in [-0.05, 0) is 27.7 Å². The number of aliphatic hydroxyl groups is 1. The molecule has 0 radical (unpaired) electrons. The van der Waals surface area contributed by atoms with Gasteiger partial charge >= 0.3 is 5.97 Å². The largest absolute Gasteiger partial charge is 0.479 e. The topological polar surface area (TPSA) is 135 Å². The molecule has 4 N–H and O–H groups in total. The van der Waals surface area contributed by atoms with Crippen LogP contribution in [0, 0.1) is 0 Å². The Balaban J connectivity index is 0.00000176. The molecule has 9 nitrogen and oxygen atoms in total. The SMILES string of the molecule is CC1(C)OC[C@@H]2O[C@@]3(CO)OC(C)(C)O[C@@]3(C(=O)O)[C@@H]2O1.O. The summed E-state index contributed by atoms with van der Waals surface area (Å²) in [5.41, 5.74) is -1.95. The van der Waals surface area contributed by atoms with Gasteiger partial charge in [0.1, 0.15) is 18.8 Å². The molecule has 128 valence electrons. The Morgan fingerprint density at radius 3 is 2.32 bits per heavy atom. The molecule has 3 heterocycles. The van der Waals surface area contributed by atoms with Crippen LogP contribution in [0.5, 0.6) is 0 Å². The van der Waals surface area contributed by atoms with E-state index in [0.29, 0.717) is 0 Å². The summed E-state index contributed by atoms with van der Waals surface area (Å²) in [4.78, 5) is 12.0. The van der Waals surface area contributed by atoms with Crippen LogP contribution < -0.4 is 0 Å². The summed E-state index contributed by atoms with van der Waals surface area (Å²) in [6.45, 7) is 5.95. The van der Waals surface area contributed by atoms with Crippen molar-refractivity contribution >= 4 is 5.97 Å². The molecule has 3 fully saturated rings. The van der Waals surface area contributed by atoms with Crippen molar-refractivity contribution in [1.82, 2.24) is 0 Å². The molecule has 0 amide bonds. The normalized spacial score (nSPS) is 44.8. The lowest BCUT2D eigenvalue weighted by atomic mass is 9.87. The van der Waals surface area contributed by atoms with Crippen molar-refractivity contribution in [2.24, 2.45) is 0 Å². The van der Waals surface area contributed by atoms with Crippen LogP contribution in [0.1, 0.15) is 27.7 Å². The Kier molecular flexibility index (Phi) is 3.86. The predicted octanol–water partition coefficient (Wildman–Crippen LogP) is -0.993. The zero-order valence-corrected chi connectivity index (χ0v) is 12.9. The molecule has 0 aromatic rings. The van der Waals surface area contributed by atoms with Crippen LogP contribution in [0.3, 0.4) is 0 Å². The van der Waals surface area contributed by atoms with Crippen LogP contribution in [-0.2, 0) is 28.5 Å². The van der Waals surface area contributed by atoms with Crippen molar-refractivity contribution < 1.29 is 44.2 Å². The molecule has 22 heavy (non-hydrogen) atoms. The van der Waals surface area contributed by atoms with E-state index in [1.807, 2.05) is 0 Å². The average Bonchev–Trinajstić information content (AvgIpc) is 2.73. The molecule has 0 saturated carbocycles. The van der Waals surface area contributed by atoms with Gasteiger partial charge in [-0.15, -0.1) is 0 Å². The van der Waals surface area contributed by atoms with E-state index in [1.165, 1.54) is 0 Å². The van der Waals surface area contributed by atoms with Gasteiger partial charge in [0.15, 0.2) is 11.6 Å². The summed E-state index contributed by atoms with van der Waals surface area (Å²) in [7, 11) is 0. The molecule has 0 aliphatic carbocycles. The summed E-state index contributed by atoms with van der Waals surface area (Å²) in [5, 5.41) is 19.6. The van der Waals surface area contributed by atoms with Crippen LogP contribution >= 0.6 is 0 Å². The Morgan fingerprint density at radius 2 is 1.77 bits per heavy atom. The number of aliphatic hydroxyl groups excluding tert-OH is 1. The van der Waals surface area contributed by atoms with E-state index in [4.69, 9.17) is 23.7 Å². The number of ether oxygens (including phenoxy) is 5. The Labute approximate surface area is 127 Å². The first-order valence-corrected chi connectivity index (χ1v) is 6.82. The molecular formula is C13H22O9. The average molecular weight is 322 g/mol. The van der Waals surface area contributed by atoms with Gasteiger partial charge in [-0.1, -0.05) is 0 Å². The highest BCUT2D eigenvalue weighted by Gasteiger charge is 2.80. The highest BCUT2D eigenvalue weighted by molar-refractivity contribution is 5.81. The molecule has 3 aliphatic rings. The predicted molar refractivity (Wildman–Crippen MR) is 69.8 cm³/mol. The van der Waals surface area contributed by atoms with Crippen molar-refractivity contribution in [3.63, 3.8) is 0 Å². The fourth-order valence-electron chi connectivity index (χ4n) is 3.33. The summed E-state index contributed by atoms with van der Waals surface area (Å²) in [6, 6.07) is 0. The Morgan fingerprint density at radius 1 is 1.14 bits per heavy atom. The lowest BCUT2D eigenvalue weighted by Crippen LogP contribution is -2.64. The molecule has 0 unspecified atom stereocenters. The maximum Gasteiger partial charge on any atom is 0.344 e. The number of rotatable bonds is 2. The third-order valence-electron chi connectivity index (χ3n) is 4.00. The molecule has 0 aromatic heterocycles. The maximum absolute atomic E-state index is 12.0. The number of carbonyl (C=O) groups is 1. The van der Waals surface area contributed by atoms with Crippen molar-refractivity contribution in [2.45, 2.75) is 62.9 Å². The number of hydrogen-bond acceptors (Lipinski definition) is 7. The minimum Gasteiger partial charge on any atom is -0.479 e. The van der Waals surface area contributed by atoms with Crippen molar-refractivity contribution in [1.29, 1.82) is 0 Å². The molecule has 3 aliphatic heterocycles. The molecule has 0 aromatic carbocycles. The fourth-order valence-corrected chi connectivity index (χ4v) is 3.33. The molecule has 0 spiro atoms. The van der Waals surface area contributed by atoms with E-state index in [0.717, 1.165) is 0 Å². The minimum atomic E-state index is -1.95. The molecule has 4 atom stereocenters. The number of fused-ring (bicyclic) bond motifs is 3. The van der Waals surface area contributed by atoms with Crippen molar-refractivity contribution in [3.8, 4) is 0 Å². The standard InChI is InChI=1S/C13H20O8.H2O/c1-10(2)17-5-7-8(19-10)13(9(15)16)12(6-14,18-7)20-11(3,4)21-13;/h7-8,14H,5-6H2,1-4H3,(H,15,16);1H2/t7-,8+,12-,13+;/m0./s1. The van der Waals surface area contributed by atoms with Gasteiger partial charge in [0.05, 0.1) is 6.61 Å². The first-order chi connectivity index (χ1) is 9.58. The number of aliphatic carboxylic acids is 1. The van der Waals surface area contributed by atoms with Gasteiger partial charge < -0.3 is 39.4 Å². The van der Waals surface area contributed by atoms with Gasteiger partial charge in [-0.25, -0.2) is 4.79 Å². The maximum atomic E-state index is 12.0. The quantitative estimate of drug-likeness (QED) is 0.661. The molecule has 3 saturated heterocycles. The second kappa shape index (κ2) is 4.84. The molecule has 3 rings (SSSR count). The molecular weight excluding hydrogens is 300 g/mol. The summed E-state index contributed by atoms with van der Waals surface area (Å²) in [5.74, 6) is -5.32. The third-order valence-corrected chi connectivity index (χ3v) is 4.00. The summed E-state index contributed by atoms with van der Waals surface area (Å²) >= 11 is 0. The zero-order valence-electron chi connectivity index (χ0n) is 12.9. The monoisotopic (exact) mass is 322 g/mol. The van der Waals surface area contributed by atoms with Crippen LogP contribution in [-0.4, -0.2) is 70.0 Å². The van der Waals surface area contributed by atoms with Gasteiger partial charge in [-0.3, -0.25) is 0 Å². The Hall–Kier alpha value is -0.810. The number of carboxylic acid groups (broad SMARTS) is 1. The number of carboxylic acids is 1. The van der Waals surface area contributed by atoms with Gasteiger partial charge in [0.25, 0.3) is 5.60 Å². The smallest absolute Gasteiger partial charge is 0.344 e. The summed E-state index contributed by atoms with van der Waals surface area (Å²) in [6.07, 6.45) is -1.65. The van der Waals surface area contributed by atoms with E-state index in [-0.39, 0.29) is 12.1 Å². The van der Waals surface area contributed by atoms with Crippen LogP contribution in [0.2, 0.25) is 0 Å². The van der Waals surface area contributed by atoms with E-state index in [1.54, 1.807) is 27.7 Å². The lowest BCUT2D eigenvalue weighted by Gasteiger charge is -2.41. The second-order valence-electron chi connectivity index (χ2n) is 6.46. The third kappa shape index (κ3) is 2.08. The lowest BCUT2D eigenvalue weighted by molar-refractivity contribution is -0.333. The van der Waals surface area contributed by atoms with Crippen LogP contribution in [0.25, 0.3) is 0 Å². The van der Waals surface area contributed by atoms with E-state index < -0.39 is 47.7 Å². The Bertz CT molecular complexity index is 476. The highest BCUT2D eigenvalue weighted by Crippen LogP contribution is 2.55. The second-order valence-corrected chi connectivity index (χ2v) is 6.46. The first kappa shape index (κ1) is 17.5. The first-order valence-electron chi connectivity index (χ1n) is 6.82. The zero-order chi connectivity index (χ0) is 15.7. The fraction of sp³-hybridized carbons (Fsp3) is 0.923. The van der Waals surface area contributed by atoms with Gasteiger partial charge in [-0.2, -0.15) is 0 Å². The van der Waals surface area contributed by atoms with Crippen LogP contribution in [0.4, 0.5) is 0 Å². The van der Waals surface area contributed by atoms with Gasteiger partial charge in [0.2, 0.25) is 5.79 Å². The van der Waals surface area contributed by atoms with Crippen LogP contribution in [0.15, 0.2) is 0 Å². The van der Waals surface area contributed by atoms with E-state index >= 15 is 0 Å². The van der Waals surface area contributed by atoms with E-state index in [9.17, 15) is 15.0 Å². The minimum absolute atomic E-state index is 0. The van der Waals surface area contributed by atoms with Crippen molar-refractivity contribution in [2.75, 3.05) is 13.2 Å². The molecule has 9 heteroatoms. The van der Waals surface area contributed by atoms with Crippen molar-refractivity contribution in [3.05, 3.63) is 0 Å². The number of hydrogen-bond donors (Lipinski definition) is 2. The highest BCUT2D eigenvalue weighted by atomic mass is 16.9.